The molecular formula is C25H22F2N4O4. The number of nitrogens with one attached hydrogen (secondary N) is 3. The highest BCUT2D eigenvalue weighted by Gasteiger charge is 2.33. The van der Waals surface area contributed by atoms with E-state index in [1.807, 2.05) is 18.2 Å². The Balaban J connectivity index is 1.51. The SMILES string of the molecule is CC(=O)NCC1CN(c2cc(F)c(Nc3ccc(Nc4ccccc4)c(=O)cc3)c(F)c2)C(=O)O1. The van der Waals surface area contributed by atoms with E-state index in [0.29, 0.717) is 5.69 Å². The molecule has 0 aliphatic carbocycles. The van der Waals surface area contributed by atoms with E-state index in [2.05, 4.69) is 16.0 Å². The standard InChI is InChI=1S/C25H22F2N4O4/c1-15(32)28-13-19-14-31(25(34)35-19)18-11-20(26)24(21(27)12-18)30-17-7-9-22(23(33)10-8-17)29-16-5-3-2-4-6-16/h2-12,19,30H,13-14H2,1H3,(H,28,32)(H,29,33). The van der Waals surface area contributed by atoms with Crippen LogP contribution in [0.1, 0.15) is 6.92 Å². The topological polar surface area (TPSA) is 99.8 Å². The average Bonchev–Trinajstić information content (AvgIpc) is 3.12. The molecule has 8 nitrogen and oxygen atoms in total. The van der Waals surface area contributed by atoms with Crippen molar-refractivity contribution >= 4 is 40.4 Å². The molecule has 3 aromatic rings. The fourth-order valence-corrected chi connectivity index (χ4v) is 3.51. The van der Waals surface area contributed by atoms with Gasteiger partial charge in [-0.3, -0.25) is 14.5 Å². The van der Waals surface area contributed by atoms with E-state index in [0.717, 1.165) is 22.7 Å². The molecule has 0 spiro atoms. The van der Waals surface area contributed by atoms with Crippen LogP contribution < -0.4 is 26.3 Å². The lowest BCUT2D eigenvalue weighted by Crippen LogP contribution is -2.33. The number of nitrogens with zero attached hydrogens (tertiary/aromatic N) is 1. The van der Waals surface area contributed by atoms with Gasteiger partial charge in [0.1, 0.15) is 11.8 Å². The Morgan fingerprint density at radius 1 is 0.971 bits per heavy atom. The number of amides is 2. The zero-order valence-electron chi connectivity index (χ0n) is 18.7. The molecule has 0 saturated carbocycles. The third kappa shape index (κ3) is 5.72. The normalized spacial score (nSPS) is 14.9. The third-order valence-electron chi connectivity index (χ3n) is 5.22. The largest absolute Gasteiger partial charge is 0.442 e. The van der Waals surface area contributed by atoms with Crippen LogP contribution in [0.25, 0.3) is 0 Å². The van der Waals surface area contributed by atoms with Gasteiger partial charge in [0.2, 0.25) is 11.3 Å². The van der Waals surface area contributed by atoms with Gasteiger partial charge in [-0.2, -0.15) is 0 Å². The zero-order valence-corrected chi connectivity index (χ0v) is 18.7. The molecule has 2 amide bonds. The number of benzene rings is 2. The molecule has 1 fully saturated rings. The van der Waals surface area contributed by atoms with Gasteiger partial charge in [0.25, 0.3) is 0 Å². The first kappa shape index (κ1) is 23.7. The van der Waals surface area contributed by atoms with E-state index in [4.69, 9.17) is 4.74 Å². The molecule has 1 aliphatic rings. The molecule has 0 radical (unpaired) electrons. The first-order valence-corrected chi connectivity index (χ1v) is 10.8. The summed E-state index contributed by atoms with van der Waals surface area (Å²) in [4.78, 5) is 36.7. The number of anilines is 5. The van der Waals surface area contributed by atoms with Crippen molar-refractivity contribution in [3.63, 3.8) is 0 Å². The average molecular weight is 480 g/mol. The van der Waals surface area contributed by atoms with Crippen molar-refractivity contribution in [1.82, 2.24) is 5.32 Å². The second-order valence-corrected chi connectivity index (χ2v) is 7.85. The van der Waals surface area contributed by atoms with E-state index in [9.17, 15) is 23.2 Å². The monoisotopic (exact) mass is 480 g/mol. The summed E-state index contributed by atoms with van der Waals surface area (Å²) in [5.74, 6) is -2.16. The highest BCUT2D eigenvalue weighted by molar-refractivity contribution is 5.90. The number of halogens is 2. The van der Waals surface area contributed by atoms with E-state index >= 15 is 0 Å². The molecule has 0 bridgehead atoms. The molecule has 180 valence electrons. The van der Waals surface area contributed by atoms with Crippen LogP contribution in [-0.2, 0) is 9.53 Å². The van der Waals surface area contributed by atoms with Gasteiger partial charge < -0.3 is 20.7 Å². The van der Waals surface area contributed by atoms with Gasteiger partial charge in [-0.25, -0.2) is 13.6 Å². The number of carbonyl (C=O) groups is 2. The van der Waals surface area contributed by atoms with Crippen LogP contribution in [0, 0.1) is 11.6 Å². The summed E-state index contributed by atoms with van der Waals surface area (Å²) in [6, 6.07) is 16.8. The summed E-state index contributed by atoms with van der Waals surface area (Å²) in [6.07, 6.45) is -1.41. The molecule has 1 heterocycles. The molecule has 3 aromatic carbocycles. The third-order valence-corrected chi connectivity index (χ3v) is 5.22. The minimum atomic E-state index is -0.936. The van der Waals surface area contributed by atoms with E-state index in [1.165, 1.54) is 31.2 Å². The Bertz CT molecular complexity index is 1300. The summed E-state index contributed by atoms with van der Waals surface area (Å²) in [7, 11) is 0. The molecule has 10 heteroatoms. The number of rotatable bonds is 7. The maximum Gasteiger partial charge on any atom is 0.414 e. The van der Waals surface area contributed by atoms with Gasteiger partial charge in [-0.1, -0.05) is 18.2 Å². The van der Waals surface area contributed by atoms with Crippen LogP contribution in [-0.4, -0.2) is 31.2 Å². The number of hydrogen-bond acceptors (Lipinski definition) is 6. The molecular weight excluding hydrogens is 458 g/mol. The van der Waals surface area contributed by atoms with E-state index < -0.39 is 29.5 Å². The first-order valence-electron chi connectivity index (χ1n) is 10.8. The summed E-state index contributed by atoms with van der Waals surface area (Å²) in [5.41, 5.74) is 0.534. The lowest BCUT2D eigenvalue weighted by Gasteiger charge is -2.16. The summed E-state index contributed by atoms with van der Waals surface area (Å²) in [5, 5.41) is 8.19. The number of carbonyl (C=O) groups excluding carboxylic acids is 2. The number of ether oxygens (including phenoxy) is 1. The Hall–Kier alpha value is -4.47. The Labute approximate surface area is 199 Å². The predicted molar refractivity (Wildman–Crippen MR) is 128 cm³/mol. The van der Waals surface area contributed by atoms with Gasteiger partial charge in [0, 0.05) is 30.4 Å². The van der Waals surface area contributed by atoms with Crippen molar-refractivity contribution in [1.29, 1.82) is 0 Å². The predicted octanol–water partition coefficient (Wildman–Crippen LogP) is 4.27. The van der Waals surface area contributed by atoms with Crippen LogP contribution in [0.3, 0.4) is 0 Å². The van der Waals surface area contributed by atoms with Crippen molar-refractivity contribution in [3.8, 4) is 0 Å². The fraction of sp³-hybridized carbons (Fsp3) is 0.160. The molecule has 1 aliphatic heterocycles. The minimum absolute atomic E-state index is 0.0179. The van der Waals surface area contributed by atoms with Gasteiger partial charge in [0.05, 0.1) is 24.5 Å². The maximum absolute atomic E-state index is 14.9. The highest BCUT2D eigenvalue weighted by atomic mass is 19.1. The van der Waals surface area contributed by atoms with Crippen LogP contribution in [0.4, 0.5) is 42.0 Å². The minimum Gasteiger partial charge on any atom is -0.442 e. The Morgan fingerprint density at radius 2 is 1.63 bits per heavy atom. The summed E-state index contributed by atoms with van der Waals surface area (Å²) >= 11 is 0. The number of hydrogen-bond donors (Lipinski definition) is 3. The molecule has 0 aromatic heterocycles. The summed E-state index contributed by atoms with van der Waals surface area (Å²) in [6.45, 7) is 1.45. The number of para-hydroxylation sites is 1. The second-order valence-electron chi connectivity index (χ2n) is 7.85. The molecule has 3 N–H and O–H groups in total. The second kappa shape index (κ2) is 10.2. The van der Waals surface area contributed by atoms with Gasteiger partial charge in [-0.15, -0.1) is 0 Å². The number of cyclic esters (lactones) is 1. The van der Waals surface area contributed by atoms with Crippen LogP contribution in [0.2, 0.25) is 0 Å². The zero-order chi connectivity index (χ0) is 24.9. The van der Waals surface area contributed by atoms with Crippen molar-refractivity contribution in [2.24, 2.45) is 0 Å². The fourth-order valence-electron chi connectivity index (χ4n) is 3.51. The summed E-state index contributed by atoms with van der Waals surface area (Å²) < 4.78 is 34.8. The quantitative estimate of drug-likeness (QED) is 0.467. The Kier molecular flexibility index (Phi) is 6.91. The molecule has 35 heavy (non-hydrogen) atoms. The van der Waals surface area contributed by atoms with Crippen LogP contribution in [0.15, 0.2) is 71.5 Å². The molecule has 4 rings (SSSR count). The molecule has 1 unspecified atom stereocenters. The highest BCUT2D eigenvalue weighted by Crippen LogP contribution is 2.30. The molecule has 1 atom stereocenters. The van der Waals surface area contributed by atoms with Crippen molar-refractivity contribution in [2.75, 3.05) is 28.6 Å². The van der Waals surface area contributed by atoms with Gasteiger partial charge >= 0.3 is 6.09 Å². The molecule has 1 saturated heterocycles. The van der Waals surface area contributed by atoms with E-state index in [-0.39, 0.29) is 35.8 Å². The lowest BCUT2D eigenvalue weighted by atomic mass is 10.2. The smallest absolute Gasteiger partial charge is 0.414 e. The van der Waals surface area contributed by atoms with Crippen molar-refractivity contribution in [2.45, 2.75) is 13.0 Å². The lowest BCUT2D eigenvalue weighted by molar-refractivity contribution is -0.119. The van der Waals surface area contributed by atoms with Gasteiger partial charge in [0.15, 0.2) is 11.6 Å². The Morgan fingerprint density at radius 3 is 2.31 bits per heavy atom. The van der Waals surface area contributed by atoms with Crippen LogP contribution in [0.5, 0.6) is 0 Å². The van der Waals surface area contributed by atoms with Crippen LogP contribution >= 0.6 is 0 Å². The maximum atomic E-state index is 14.9. The first-order chi connectivity index (χ1) is 16.8. The van der Waals surface area contributed by atoms with Crippen molar-refractivity contribution < 1.29 is 23.1 Å². The van der Waals surface area contributed by atoms with Gasteiger partial charge in [-0.05, 0) is 36.4 Å². The van der Waals surface area contributed by atoms with E-state index in [1.54, 1.807) is 12.1 Å². The van der Waals surface area contributed by atoms with Crippen molar-refractivity contribution in [3.05, 3.63) is 88.6 Å².